The Balaban J connectivity index is 1.04. The van der Waals surface area contributed by atoms with Gasteiger partial charge in [-0.15, -0.1) is 0 Å². The van der Waals surface area contributed by atoms with E-state index in [2.05, 4.69) is 225 Å². The van der Waals surface area contributed by atoms with E-state index in [1.54, 1.807) is 0 Å². The second-order valence-corrected chi connectivity index (χ2v) is 17.4. The molecule has 0 unspecified atom stereocenters. The summed E-state index contributed by atoms with van der Waals surface area (Å²) in [6.07, 6.45) is 0. The minimum atomic E-state index is -0.459. The molecular formula is C58H40ClN. The number of hydrogen-bond acceptors (Lipinski definition) is 1. The fraction of sp³-hybridized carbons (Fsp3) is 0.0690. The van der Waals surface area contributed by atoms with E-state index in [-0.39, 0.29) is 5.41 Å². The Bertz CT molecular complexity index is 3130. The summed E-state index contributed by atoms with van der Waals surface area (Å²) in [5.41, 5.74) is 23.2. The fourth-order valence-corrected chi connectivity index (χ4v) is 11.1. The first-order valence-corrected chi connectivity index (χ1v) is 21.2. The summed E-state index contributed by atoms with van der Waals surface area (Å²) in [6.45, 7) is 4.71. The molecule has 9 aromatic rings. The number of hydrogen-bond donors (Lipinski definition) is 0. The monoisotopic (exact) mass is 785 g/mol. The zero-order valence-corrected chi connectivity index (χ0v) is 34.2. The van der Waals surface area contributed by atoms with Gasteiger partial charge in [0.2, 0.25) is 0 Å². The van der Waals surface area contributed by atoms with Crippen LogP contribution in [0.25, 0.3) is 55.6 Å². The SMILES string of the molecule is CC1(C)c2ccccc2-c2c(N(c3ccc(-c4ccccc4)cc3)c3ccc(-c4cccc5c4-c4ccc(Cl)cc4C54c5ccccc5-c5ccccc54)cc3)cccc21. The van der Waals surface area contributed by atoms with Crippen LogP contribution >= 0.6 is 11.6 Å². The summed E-state index contributed by atoms with van der Waals surface area (Å²) in [5, 5.41) is 0.754. The van der Waals surface area contributed by atoms with Crippen LogP contribution in [0.5, 0.6) is 0 Å². The van der Waals surface area contributed by atoms with E-state index in [1.165, 1.54) is 94.7 Å². The van der Waals surface area contributed by atoms with Gasteiger partial charge in [-0.3, -0.25) is 0 Å². The van der Waals surface area contributed by atoms with Crippen LogP contribution in [0.1, 0.15) is 47.2 Å². The van der Waals surface area contributed by atoms with Gasteiger partial charge in [-0.05, 0) is 126 Å². The highest BCUT2D eigenvalue weighted by molar-refractivity contribution is 6.31. The van der Waals surface area contributed by atoms with Crippen LogP contribution < -0.4 is 4.90 Å². The largest absolute Gasteiger partial charge is 0.310 e. The zero-order valence-electron chi connectivity index (χ0n) is 33.5. The lowest BCUT2D eigenvalue weighted by Gasteiger charge is -2.30. The Hall–Kier alpha value is -6.93. The summed E-state index contributed by atoms with van der Waals surface area (Å²) < 4.78 is 0. The molecule has 1 nitrogen and oxygen atoms in total. The van der Waals surface area contributed by atoms with Crippen molar-refractivity contribution in [2.45, 2.75) is 24.7 Å². The number of anilines is 3. The molecule has 284 valence electrons. The topological polar surface area (TPSA) is 3.24 Å². The summed E-state index contributed by atoms with van der Waals surface area (Å²) in [7, 11) is 0. The van der Waals surface area contributed by atoms with Gasteiger partial charge in [-0.1, -0.05) is 189 Å². The van der Waals surface area contributed by atoms with Crippen LogP contribution in [0.15, 0.2) is 206 Å². The Kier molecular flexibility index (Phi) is 7.62. The third kappa shape index (κ3) is 4.81. The molecule has 60 heavy (non-hydrogen) atoms. The number of fused-ring (bicyclic) bond motifs is 13. The quantitative estimate of drug-likeness (QED) is 0.168. The van der Waals surface area contributed by atoms with E-state index in [1.807, 2.05) is 0 Å². The molecule has 0 fully saturated rings. The Morgan fingerprint density at radius 2 is 0.850 bits per heavy atom. The van der Waals surface area contributed by atoms with Crippen LogP contribution in [-0.4, -0.2) is 0 Å². The summed E-state index contributed by atoms with van der Waals surface area (Å²) in [4.78, 5) is 2.45. The molecule has 0 bridgehead atoms. The normalized spacial score (nSPS) is 14.2. The lowest BCUT2D eigenvalue weighted by atomic mass is 9.70. The van der Waals surface area contributed by atoms with E-state index < -0.39 is 5.41 Å². The van der Waals surface area contributed by atoms with Crippen LogP contribution in [0.2, 0.25) is 5.02 Å². The average Bonchev–Trinajstić information content (AvgIpc) is 3.86. The fourth-order valence-electron chi connectivity index (χ4n) is 11.0. The van der Waals surface area contributed by atoms with Crippen molar-refractivity contribution in [1.82, 2.24) is 0 Å². The molecule has 0 radical (unpaired) electrons. The second-order valence-electron chi connectivity index (χ2n) is 16.9. The molecule has 12 rings (SSSR count). The third-order valence-electron chi connectivity index (χ3n) is 13.6. The van der Waals surface area contributed by atoms with E-state index in [4.69, 9.17) is 11.6 Å². The number of halogens is 1. The zero-order chi connectivity index (χ0) is 40.2. The van der Waals surface area contributed by atoms with Gasteiger partial charge in [0.25, 0.3) is 0 Å². The smallest absolute Gasteiger partial charge is 0.0726 e. The highest BCUT2D eigenvalue weighted by Crippen LogP contribution is 2.64. The minimum absolute atomic E-state index is 0.111. The molecule has 0 saturated carbocycles. The van der Waals surface area contributed by atoms with Crippen molar-refractivity contribution in [3.63, 3.8) is 0 Å². The van der Waals surface area contributed by atoms with Gasteiger partial charge in [0.15, 0.2) is 0 Å². The maximum absolute atomic E-state index is 6.90. The van der Waals surface area contributed by atoms with Gasteiger partial charge in [0.1, 0.15) is 0 Å². The Labute approximate surface area is 356 Å². The van der Waals surface area contributed by atoms with Crippen LogP contribution in [-0.2, 0) is 10.8 Å². The first-order valence-electron chi connectivity index (χ1n) is 20.9. The molecule has 1 spiro atoms. The third-order valence-corrected chi connectivity index (χ3v) is 13.8. The molecule has 2 heteroatoms. The molecule has 0 saturated heterocycles. The van der Waals surface area contributed by atoms with E-state index in [0.717, 1.165) is 16.4 Å². The van der Waals surface area contributed by atoms with Crippen molar-refractivity contribution >= 4 is 28.7 Å². The standard InChI is InChI=1S/C58H40ClN/c1-57(2)48-20-9-8-18-46(48)56-51(57)23-13-25-54(56)60(41-31-26-38(27-32-41)37-14-4-3-5-15-37)42-33-28-39(29-34-42)43-19-12-24-52-55(43)47-35-30-40(59)36-53(47)58(52)49-21-10-6-16-44(49)45-17-7-11-22-50(45)58/h3-36H,1-2H3. The van der Waals surface area contributed by atoms with Gasteiger partial charge >= 0.3 is 0 Å². The van der Waals surface area contributed by atoms with Crippen molar-refractivity contribution in [1.29, 1.82) is 0 Å². The van der Waals surface area contributed by atoms with E-state index in [9.17, 15) is 0 Å². The molecule has 0 N–H and O–H groups in total. The Morgan fingerprint density at radius 3 is 1.53 bits per heavy atom. The van der Waals surface area contributed by atoms with Gasteiger partial charge in [0.05, 0.1) is 11.1 Å². The molecule has 0 aromatic heterocycles. The molecule has 0 amide bonds. The lowest BCUT2D eigenvalue weighted by Crippen LogP contribution is -2.25. The molecule has 9 aromatic carbocycles. The molecular weight excluding hydrogens is 746 g/mol. The van der Waals surface area contributed by atoms with E-state index in [0.29, 0.717) is 0 Å². The van der Waals surface area contributed by atoms with Gasteiger partial charge in [-0.2, -0.15) is 0 Å². The maximum Gasteiger partial charge on any atom is 0.0726 e. The highest BCUT2D eigenvalue weighted by Gasteiger charge is 2.52. The lowest BCUT2D eigenvalue weighted by molar-refractivity contribution is 0.660. The van der Waals surface area contributed by atoms with Crippen molar-refractivity contribution in [3.05, 3.63) is 245 Å². The number of benzene rings is 9. The first kappa shape index (κ1) is 35.1. The van der Waals surface area contributed by atoms with Crippen molar-refractivity contribution in [3.8, 4) is 55.6 Å². The van der Waals surface area contributed by atoms with Gasteiger partial charge < -0.3 is 4.90 Å². The van der Waals surface area contributed by atoms with Gasteiger partial charge in [0, 0.05) is 27.4 Å². The molecule has 0 aliphatic heterocycles. The predicted molar refractivity (Wildman–Crippen MR) is 251 cm³/mol. The van der Waals surface area contributed by atoms with Crippen molar-refractivity contribution < 1.29 is 0 Å². The predicted octanol–water partition coefficient (Wildman–Crippen LogP) is 15.8. The first-order chi connectivity index (χ1) is 29.4. The highest BCUT2D eigenvalue weighted by atomic mass is 35.5. The number of nitrogens with zero attached hydrogens (tertiary/aromatic N) is 1. The number of rotatable bonds is 5. The molecule has 3 aliphatic rings. The Morgan fingerprint density at radius 1 is 0.350 bits per heavy atom. The summed E-state index contributed by atoms with van der Waals surface area (Å²) >= 11 is 6.90. The molecule has 0 atom stereocenters. The maximum atomic E-state index is 6.90. The van der Waals surface area contributed by atoms with Crippen LogP contribution in [0.3, 0.4) is 0 Å². The van der Waals surface area contributed by atoms with Crippen LogP contribution in [0, 0.1) is 0 Å². The average molecular weight is 786 g/mol. The summed E-state index contributed by atoms with van der Waals surface area (Å²) in [6, 6.07) is 75.9. The van der Waals surface area contributed by atoms with Crippen molar-refractivity contribution in [2.24, 2.45) is 0 Å². The molecule has 0 heterocycles. The minimum Gasteiger partial charge on any atom is -0.310 e. The second kappa shape index (κ2) is 13.0. The van der Waals surface area contributed by atoms with Crippen LogP contribution in [0.4, 0.5) is 17.1 Å². The van der Waals surface area contributed by atoms with E-state index >= 15 is 0 Å². The van der Waals surface area contributed by atoms with Crippen molar-refractivity contribution in [2.75, 3.05) is 4.90 Å². The molecule has 3 aliphatic carbocycles. The summed E-state index contributed by atoms with van der Waals surface area (Å²) in [5.74, 6) is 0. The van der Waals surface area contributed by atoms with Gasteiger partial charge in [-0.25, -0.2) is 0 Å².